The number of fused-ring (bicyclic) bond motifs is 2. The van der Waals surface area contributed by atoms with Gasteiger partial charge >= 0.3 is 5.97 Å². The maximum Gasteiger partial charge on any atom is 0.306 e. The number of benzene rings is 2. The number of aliphatic carboxylic acids is 1. The van der Waals surface area contributed by atoms with Crippen molar-refractivity contribution in [1.82, 2.24) is 9.88 Å². The van der Waals surface area contributed by atoms with Crippen LogP contribution in [0.4, 0.5) is 0 Å². The van der Waals surface area contributed by atoms with E-state index in [1.165, 1.54) is 0 Å². The largest absolute Gasteiger partial charge is 0.481 e. The molecule has 3 heterocycles. The van der Waals surface area contributed by atoms with E-state index in [4.69, 9.17) is 9.47 Å². The van der Waals surface area contributed by atoms with Crippen molar-refractivity contribution < 1.29 is 19.4 Å². The minimum absolute atomic E-state index is 0.0173. The first kappa shape index (κ1) is 17.9. The van der Waals surface area contributed by atoms with Gasteiger partial charge in [-0.25, -0.2) is 0 Å². The standard InChI is InChI=1S/C23H22N2O4/c26-23(27)15-7-9-25(10-8-15)22(17-5-6-20-21(12-17)29-14-28-20)18-11-16-3-1-2-4-19(16)24-13-18/h1-6,11-13,15,22H,7-10,14H2,(H,26,27). The lowest BCUT2D eigenvalue weighted by atomic mass is 9.91. The van der Waals surface area contributed by atoms with E-state index in [1.807, 2.05) is 36.5 Å². The Labute approximate surface area is 168 Å². The zero-order valence-corrected chi connectivity index (χ0v) is 16.0. The van der Waals surface area contributed by atoms with Gasteiger partial charge in [0.2, 0.25) is 6.79 Å². The topological polar surface area (TPSA) is 71.9 Å². The first-order valence-corrected chi connectivity index (χ1v) is 9.90. The number of nitrogens with zero attached hydrogens (tertiary/aromatic N) is 2. The fourth-order valence-corrected chi connectivity index (χ4v) is 4.34. The Morgan fingerprint density at radius 3 is 2.66 bits per heavy atom. The van der Waals surface area contributed by atoms with Crippen LogP contribution in [0, 0.1) is 5.92 Å². The van der Waals surface area contributed by atoms with Gasteiger partial charge < -0.3 is 14.6 Å². The molecule has 6 heteroatoms. The summed E-state index contributed by atoms with van der Waals surface area (Å²) < 4.78 is 11.1. The lowest BCUT2D eigenvalue weighted by Gasteiger charge is -2.37. The minimum atomic E-state index is -0.698. The highest BCUT2D eigenvalue weighted by atomic mass is 16.7. The molecule has 0 saturated carbocycles. The van der Waals surface area contributed by atoms with E-state index in [2.05, 4.69) is 28.1 Å². The van der Waals surface area contributed by atoms with Crippen LogP contribution in [0.25, 0.3) is 10.9 Å². The molecule has 1 aromatic heterocycles. The number of para-hydroxylation sites is 1. The van der Waals surface area contributed by atoms with E-state index in [1.54, 1.807) is 0 Å². The zero-order chi connectivity index (χ0) is 19.8. The van der Waals surface area contributed by atoms with E-state index in [0.29, 0.717) is 12.8 Å². The summed E-state index contributed by atoms with van der Waals surface area (Å²) >= 11 is 0. The molecule has 5 rings (SSSR count). The summed E-state index contributed by atoms with van der Waals surface area (Å²) in [6.45, 7) is 1.69. The van der Waals surface area contributed by atoms with Gasteiger partial charge in [-0.15, -0.1) is 0 Å². The average Bonchev–Trinajstić information content (AvgIpc) is 3.22. The van der Waals surface area contributed by atoms with Gasteiger partial charge in [0.1, 0.15) is 0 Å². The van der Waals surface area contributed by atoms with Crippen LogP contribution in [0.1, 0.15) is 30.0 Å². The molecule has 1 fully saturated rings. The van der Waals surface area contributed by atoms with Gasteiger partial charge in [0, 0.05) is 11.6 Å². The molecule has 6 nitrogen and oxygen atoms in total. The first-order chi connectivity index (χ1) is 14.2. The highest BCUT2D eigenvalue weighted by Gasteiger charge is 2.31. The molecule has 1 saturated heterocycles. The minimum Gasteiger partial charge on any atom is -0.481 e. The third-order valence-corrected chi connectivity index (χ3v) is 5.88. The molecular formula is C23H22N2O4. The fourth-order valence-electron chi connectivity index (χ4n) is 4.34. The van der Waals surface area contributed by atoms with Crippen LogP contribution in [-0.4, -0.2) is 40.8 Å². The van der Waals surface area contributed by atoms with Crippen molar-refractivity contribution in [1.29, 1.82) is 0 Å². The molecule has 0 amide bonds. The fraction of sp³-hybridized carbons (Fsp3) is 0.304. The average molecular weight is 390 g/mol. The van der Waals surface area contributed by atoms with Crippen LogP contribution in [0.5, 0.6) is 11.5 Å². The Hall–Kier alpha value is -3.12. The third-order valence-electron chi connectivity index (χ3n) is 5.88. The van der Waals surface area contributed by atoms with E-state index in [-0.39, 0.29) is 18.8 Å². The van der Waals surface area contributed by atoms with Gasteiger partial charge in [-0.1, -0.05) is 24.3 Å². The Bertz CT molecular complexity index is 1060. The quantitative estimate of drug-likeness (QED) is 0.730. The lowest BCUT2D eigenvalue weighted by Crippen LogP contribution is -2.39. The van der Waals surface area contributed by atoms with E-state index in [9.17, 15) is 9.90 Å². The van der Waals surface area contributed by atoms with Crippen molar-refractivity contribution >= 4 is 16.9 Å². The Morgan fingerprint density at radius 2 is 1.83 bits per heavy atom. The van der Waals surface area contributed by atoms with E-state index >= 15 is 0 Å². The highest BCUT2D eigenvalue weighted by molar-refractivity contribution is 5.79. The monoisotopic (exact) mass is 390 g/mol. The molecule has 2 aliphatic heterocycles. The van der Waals surface area contributed by atoms with Crippen molar-refractivity contribution in [3.8, 4) is 11.5 Å². The predicted octanol–water partition coefficient (Wildman–Crippen LogP) is 3.85. The van der Waals surface area contributed by atoms with Gasteiger partial charge in [0.25, 0.3) is 0 Å². The number of piperidine rings is 1. The van der Waals surface area contributed by atoms with Crippen molar-refractivity contribution in [2.75, 3.05) is 19.9 Å². The number of carbonyl (C=O) groups is 1. The molecule has 1 atom stereocenters. The summed E-state index contributed by atoms with van der Waals surface area (Å²) in [7, 11) is 0. The second-order valence-electron chi connectivity index (χ2n) is 7.63. The van der Waals surface area contributed by atoms with Crippen molar-refractivity contribution in [2.45, 2.75) is 18.9 Å². The second kappa shape index (κ2) is 7.37. The second-order valence-corrected chi connectivity index (χ2v) is 7.63. The number of hydrogen-bond donors (Lipinski definition) is 1. The molecule has 148 valence electrons. The van der Waals surface area contributed by atoms with Gasteiger partial charge in [-0.3, -0.25) is 14.7 Å². The van der Waals surface area contributed by atoms with Crippen molar-refractivity contribution in [2.24, 2.45) is 5.92 Å². The molecule has 29 heavy (non-hydrogen) atoms. The molecule has 0 spiro atoms. The van der Waals surface area contributed by atoms with Crippen LogP contribution in [0.2, 0.25) is 0 Å². The van der Waals surface area contributed by atoms with Gasteiger partial charge in [-0.2, -0.15) is 0 Å². The molecular weight excluding hydrogens is 368 g/mol. The van der Waals surface area contributed by atoms with Crippen molar-refractivity contribution in [3.05, 3.63) is 65.9 Å². The summed E-state index contributed by atoms with van der Waals surface area (Å²) in [6.07, 6.45) is 3.23. The predicted molar refractivity (Wildman–Crippen MR) is 108 cm³/mol. The maximum atomic E-state index is 11.4. The number of likely N-dealkylation sites (tertiary alicyclic amines) is 1. The number of ether oxygens (including phenoxy) is 2. The lowest BCUT2D eigenvalue weighted by molar-refractivity contribution is -0.143. The summed E-state index contributed by atoms with van der Waals surface area (Å²) in [4.78, 5) is 18.4. The third kappa shape index (κ3) is 3.40. The summed E-state index contributed by atoms with van der Waals surface area (Å²) in [5, 5.41) is 10.5. The molecule has 0 aliphatic carbocycles. The van der Waals surface area contributed by atoms with E-state index in [0.717, 1.165) is 46.6 Å². The SMILES string of the molecule is O=C(O)C1CCN(C(c2ccc3c(c2)OCO3)c2cnc3ccccc3c2)CC1. The Morgan fingerprint density at radius 1 is 1.03 bits per heavy atom. The molecule has 1 unspecified atom stereocenters. The molecule has 0 radical (unpaired) electrons. The number of carboxylic acid groups (broad SMARTS) is 1. The van der Waals surface area contributed by atoms with E-state index < -0.39 is 5.97 Å². The van der Waals surface area contributed by atoms with Gasteiger partial charge in [0.15, 0.2) is 11.5 Å². The number of pyridine rings is 1. The molecule has 2 aliphatic rings. The summed E-state index contributed by atoms with van der Waals surface area (Å²) in [5.74, 6) is 0.547. The number of aromatic nitrogens is 1. The molecule has 3 aromatic rings. The van der Waals surface area contributed by atoms with Crippen molar-refractivity contribution in [3.63, 3.8) is 0 Å². The maximum absolute atomic E-state index is 11.4. The first-order valence-electron chi connectivity index (χ1n) is 9.90. The Balaban J connectivity index is 1.54. The van der Waals surface area contributed by atoms with Gasteiger partial charge in [-0.05, 0) is 61.3 Å². The summed E-state index contributed by atoms with van der Waals surface area (Å²) in [6, 6.07) is 16.3. The zero-order valence-electron chi connectivity index (χ0n) is 16.0. The smallest absolute Gasteiger partial charge is 0.306 e. The van der Waals surface area contributed by atoms with Gasteiger partial charge in [0.05, 0.1) is 17.5 Å². The normalized spacial score (nSPS) is 18.1. The van der Waals surface area contributed by atoms with Crippen LogP contribution in [0.15, 0.2) is 54.7 Å². The van der Waals surface area contributed by atoms with Crippen LogP contribution < -0.4 is 9.47 Å². The number of carboxylic acids is 1. The number of hydrogen-bond acceptors (Lipinski definition) is 5. The molecule has 0 bridgehead atoms. The molecule has 1 N–H and O–H groups in total. The van der Waals surface area contributed by atoms with Crippen LogP contribution in [0.3, 0.4) is 0 Å². The molecule has 2 aromatic carbocycles. The van der Waals surface area contributed by atoms with Crippen LogP contribution in [-0.2, 0) is 4.79 Å². The number of rotatable bonds is 4. The summed E-state index contributed by atoms with van der Waals surface area (Å²) in [5.41, 5.74) is 3.15. The Kier molecular flexibility index (Phi) is 4.56. The van der Waals surface area contributed by atoms with Crippen LogP contribution >= 0.6 is 0 Å². The highest BCUT2D eigenvalue weighted by Crippen LogP contribution is 2.39.